The predicted molar refractivity (Wildman–Crippen MR) is 140 cm³/mol. The molecule has 41 heavy (non-hydrogen) atoms. The number of esters is 4. The van der Waals surface area contributed by atoms with Crippen LogP contribution in [-0.2, 0) is 52.4 Å². The van der Waals surface area contributed by atoms with Crippen LogP contribution in [0.2, 0.25) is 0 Å². The first-order valence-electron chi connectivity index (χ1n) is 13.3. The molecule has 2 rings (SSSR count). The maximum atomic E-state index is 13.6. The third-order valence-electron chi connectivity index (χ3n) is 6.53. The minimum absolute atomic E-state index is 0.670. The second-order valence-electron chi connectivity index (χ2n) is 14.0. The van der Waals surface area contributed by atoms with E-state index >= 15 is 0 Å². The molecule has 0 radical (unpaired) electrons. The smallest absolute Gasteiger partial charge is 0.345 e. The summed E-state index contributed by atoms with van der Waals surface area (Å²) < 4.78 is 32.8. The van der Waals surface area contributed by atoms with Gasteiger partial charge in [-0.05, 0) is 76.2 Å². The van der Waals surface area contributed by atoms with Crippen molar-refractivity contribution >= 4 is 29.7 Å². The highest BCUT2D eigenvalue weighted by molar-refractivity contribution is 5.91. The molecule has 13 nitrogen and oxygen atoms in total. The van der Waals surface area contributed by atoms with Crippen LogP contribution in [0, 0.1) is 16.2 Å². The second kappa shape index (κ2) is 11.2. The van der Waals surface area contributed by atoms with Crippen molar-refractivity contribution in [2.24, 2.45) is 16.2 Å². The Bertz CT molecular complexity index is 1060. The van der Waals surface area contributed by atoms with Gasteiger partial charge in [-0.25, -0.2) is 4.79 Å². The van der Waals surface area contributed by atoms with E-state index in [9.17, 15) is 34.2 Å². The third kappa shape index (κ3) is 7.07. The summed E-state index contributed by atoms with van der Waals surface area (Å²) in [6.07, 6.45) is -5.74. The zero-order valence-corrected chi connectivity index (χ0v) is 25.7. The molecule has 0 aliphatic carbocycles. The lowest BCUT2D eigenvalue weighted by Crippen LogP contribution is -2.69. The summed E-state index contributed by atoms with van der Waals surface area (Å²) >= 11 is 0. The van der Waals surface area contributed by atoms with Gasteiger partial charge < -0.3 is 38.6 Å². The maximum Gasteiger partial charge on any atom is 0.345 e. The number of carbonyl (C=O) groups excluding carboxylic acids is 5. The average molecular weight is 589 g/mol. The zero-order valence-electron chi connectivity index (χ0n) is 25.7. The Labute approximate surface area is 240 Å². The number of hydrogen-bond donors (Lipinski definition) is 2. The molecule has 0 aromatic carbocycles. The number of rotatable bonds is 8. The van der Waals surface area contributed by atoms with E-state index in [-0.39, 0.29) is 0 Å². The molecule has 13 heteroatoms. The van der Waals surface area contributed by atoms with Crippen molar-refractivity contribution in [3.63, 3.8) is 0 Å². The van der Waals surface area contributed by atoms with Gasteiger partial charge in [0.1, 0.15) is 25.4 Å². The highest BCUT2D eigenvalue weighted by atomic mass is 16.8. The SMILES string of the molecule is CC1(C)O[C@@H]([C@H](O)C(=O)COC(=O)C(C)(C)C)[C@]2(O1)C(=O)O[C@H](COC(=O)C(C)(C)C)[C@@]2(O)COC(=O)C(C)(C)C. The lowest BCUT2D eigenvalue weighted by Gasteiger charge is -2.40. The molecule has 234 valence electrons. The molecule has 2 N–H and O–H groups in total. The van der Waals surface area contributed by atoms with Crippen LogP contribution < -0.4 is 0 Å². The Balaban J connectivity index is 2.53. The standard InChI is InChI=1S/C28H44O13/c1-23(2,3)19(31)36-12-15(29)17(30)18-28(41-26(10,11)40-18)22(34)39-16(13-37-20(32)24(4,5)6)27(28,35)14-38-21(33)25(7,8)9/h16-18,30,35H,12-14H2,1-11H3/t16-,17-,18+,27+,28+/m1/s1. The summed E-state index contributed by atoms with van der Waals surface area (Å²) in [5.41, 5.74) is -8.14. The molecule has 0 unspecified atom stereocenters. The van der Waals surface area contributed by atoms with E-state index in [1.54, 1.807) is 62.3 Å². The lowest BCUT2D eigenvalue weighted by molar-refractivity contribution is -0.222. The van der Waals surface area contributed by atoms with Crippen molar-refractivity contribution < 1.29 is 62.6 Å². The van der Waals surface area contributed by atoms with Crippen molar-refractivity contribution in [3.05, 3.63) is 0 Å². The van der Waals surface area contributed by atoms with Crippen LogP contribution in [0.4, 0.5) is 0 Å². The van der Waals surface area contributed by atoms with Gasteiger partial charge in [-0.1, -0.05) is 0 Å². The summed E-state index contributed by atoms with van der Waals surface area (Å²) in [7, 11) is 0. The van der Waals surface area contributed by atoms with Crippen LogP contribution in [0.3, 0.4) is 0 Å². The molecule has 0 aromatic rings. The number of aliphatic hydroxyl groups excluding tert-OH is 1. The number of ether oxygens (including phenoxy) is 6. The summed E-state index contributed by atoms with van der Waals surface area (Å²) in [5, 5.41) is 23.2. The molecule has 1 spiro atoms. The first kappa shape index (κ1) is 34.6. The van der Waals surface area contributed by atoms with Crippen LogP contribution in [0.25, 0.3) is 0 Å². The molecular formula is C28H44O13. The van der Waals surface area contributed by atoms with E-state index in [0.29, 0.717) is 0 Å². The fraction of sp³-hybridized carbons (Fsp3) is 0.821. The molecule has 2 saturated heterocycles. The van der Waals surface area contributed by atoms with E-state index < -0.39 is 101 Å². The molecule has 2 heterocycles. The number of cyclic esters (lactones) is 1. The highest BCUT2D eigenvalue weighted by Crippen LogP contribution is 2.51. The number of carbonyl (C=O) groups is 5. The largest absolute Gasteiger partial charge is 0.462 e. The molecule has 0 saturated carbocycles. The molecule has 2 aliphatic rings. The van der Waals surface area contributed by atoms with E-state index in [2.05, 4.69) is 0 Å². The van der Waals surface area contributed by atoms with Crippen LogP contribution in [0.5, 0.6) is 0 Å². The summed E-state index contributed by atoms with van der Waals surface area (Å²) in [6.45, 7) is 14.5. The van der Waals surface area contributed by atoms with Gasteiger partial charge in [0.25, 0.3) is 0 Å². The molecule has 0 bridgehead atoms. The second-order valence-corrected chi connectivity index (χ2v) is 14.0. The van der Waals surface area contributed by atoms with Gasteiger partial charge in [0.2, 0.25) is 11.4 Å². The Morgan fingerprint density at radius 3 is 1.80 bits per heavy atom. The Morgan fingerprint density at radius 1 is 0.854 bits per heavy atom. The minimum atomic E-state index is -2.63. The average Bonchev–Trinajstić information content (AvgIpc) is 3.22. The van der Waals surface area contributed by atoms with Crippen molar-refractivity contribution in [2.45, 2.75) is 111 Å². The maximum absolute atomic E-state index is 13.6. The topological polar surface area (TPSA) is 181 Å². The lowest BCUT2D eigenvalue weighted by atomic mass is 9.75. The molecule has 0 amide bonds. The summed E-state index contributed by atoms with van der Waals surface area (Å²) in [5.74, 6) is -6.14. The molecule has 2 aliphatic heterocycles. The van der Waals surface area contributed by atoms with Gasteiger partial charge in [-0.2, -0.15) is 0 Å². The number of ketones is 1. The normalized spacial score (nSPS) is 28.7. The predicted octanol–water partition coefficient (Wildman–Crippen LogP) is 1.23. The number of hydrogen-bond acceptors (Lipinski definition) is 13. The van der Waals surface area contributed by atoms with Gasteiger partial charge in [0, 0.05) is 0 Å². The zero-order chi connectivity index (χ0) is 32.0. The Hall–Kier alpha value is -2.61. The van der Waals surface area contributed by atoms with Gasteiger partial charge in [-0.3, -0.25) is 19.2 Å². The van der Waals surface area contributed by atoms with Gasteiger partial charge in [0.15, 0.2) is 24.1 Å². The molecule has 0 aromatic heterocycles. The summed E-state index contributed by atoms with van der Waals surface area (Å²) in [6, 6.07) is 0. The van der Waals surface area contributed by atoms with Crippen LogP contribution in [-0.4, -0.2) is 95.0 Å². The van der Waals surface area contributed by atoms with Crippen molar-refractivity contribution in [1.82, 2.24) is 0 Å². The van der Waals surface area contributed by atoms with E-state index in [0.717, 1.165) is 0 Å². The molecular weight excluding hydrogens is 544 g/mol. The van der Waals surface area contributed by atoms with E-state index in [4.69, 9.17) is 28.4 Å². The fourth-order valence-corrected chi connectivity index (χ4v) is 4.11. The monoisotopic (exact) mass is 588 g/mol. The highest BCUT2D eigenvalue weighted by Gasteiger charge is 2.79. The first-order valence-corrected chi connectivity index (χ1v) is 13.3. The van der Waals surface area contributed by atoms with Crippen molar-refractivity contribution in [3.8, 4) is 0 Å². The van der Waals surface area contributed by atoms with Crippen molar-refractivity contribution in [1.29, 1.82) is 0 Å². The summed E-state index contributed by atoms with van der Waals surface area (Å²) in [4.78, 5) is 63.9. The van der Waals surface area contributed by atoms with Gasteiger partial charge >= 0.3 is 23.9 Å². The molecule has 5 atom stereocenters. The van der Waals surface area contributed by atoms with Gasteiger partial charge in [-0.15, -0.1) is 0 Å². The Morgan fingerprint density at radius 2 is 1.32 bits per heavy atom. The minimum Gasteiger partial charge on any atom is -0.462 e. The molecule has 2 fully saturated rings. The fourth-order valence-electron chi connectivity index (χ4n) is 4.11. The Kier molecular flexibility index (Phi) is 9.48. The van der Waals surface area contributed by atoms with Crippen LogP contribution in [0.1, 0.15) is 76.2 Å². The third-order valence-corrected chi connectivity index (χ3v) is 6.53. The van der Waals surface area contributed by atoms with Crippen molar-refractivity contribution in [2.75, 3.05) is 19.8 Å². The van der Waals surface area contributed by atoms with E-state index in [1.807, 2.05) is 0 Å². The van der Waals surface area contributed by atoms with E-state index in [1.165, 1.54) is 13.8 Å². The number of aliphatic hydroxyl groups is 2. The van der Waals surface area contributed by atoms with Gasteiger partial charge in [0.05, 0.1) is 16.2 Å². The van der Waals surface area contributed by atoms with Crippen LogP contribution in [0.15, 0.2) is 0 Å². The first-order chi connectivity index (χ1) is 18.3. The quantitative estimate of drug-likeness (QED) is 0.305. The van der Waals surface area contributed by atoms with Crippen LogP contribution >= 0.6 is 0 Å². The number of Topliss-reactive ketones (excluding diaryl/α,β-unsaturated/α-hetero) is 1.